The van der Waals surface area contributed by atoms with Gasteiger partial charge in [-0.25, -0.2) is 0 Å². The van der Waals surface area contributed by atoms with Crippen molar-refractivity contribution < 1.29 is 4.42 Å². The Labute approximate surface area is 101 Å². The number of rotatable bonds is 3. The summed E-state index contributed by atoms with van der Waals surface area (Å²) in [6.07, 6.45) is 0. The molecule has 6 heteroatoms. The summed E-state index contributed by atoms with van der Waals surface area (Å²) in [6.45, 7) is 9.48. The quantitative estimate of drug-likeness (QED) is 0.762. The molecule has 17 heavy (non-hydrogen) atoms. The summed E-state index contributed by atoms with van der Waals surface area (Å²) in [6, 6.07) is 0.723. The summed E-state index contributed by atoms with van der Waals surface area (Å²) < 4.78 is 5.38. The van der Waals surface area contributed by atoms with Crippen molar-refractivity contribution in [2.24, 2.45) is 0 Å². The average molecular weight is 237 g/mol. The van der Waals surface area contributed by atoms with Gasteiger partial charge >= 0.3 is 0 Å². The first-order valence-corrected chi connectivity index (χ1v) is 6.27. The number of nitrogens with zero attached hydrogens (tertiary/aromatic N) is 4. The minimum atomic E-state index is 0.652. The maximum Gasteiger partial charge on any atom is 0.230 e. The van der Waals surface area contributed by atoms with E-state index in [1.54, 1.807) is 0 Å². The highest BCUT2D eigenvalue weighted by Crippen LogP contribution is 2.17. The third kappa shape index (κ3) is 2.48. The Morgan fingerprint density at radius 2 is 2.06 bits per heavy atom. The van der Waals surface area contributed by atoms with Gasteiger partial charge in [0.1, 0.15) is 0 Å². The highest BCUT2D eigenvalue weighted by molar-refractivity contribution is 4.92. The lowest BCUT2D eigenvalue weighted by Crippen LogP contribution is -2.62. The third-order valence-electron chi connectivity index (χ3n) is 3.53. The van der Waals surface area contributed by atoms with Crippen LogP contribution in [0.2, 0.25) is 0 Å². The largest absolute Gasteiger partial charge is 0.424 e. The highest BCUT2D eigenvalue weighted by atomic mass is 16.4. The maximum atomic E-state index is 5.38. The van der Waals surface area contributed by atoms with Crippen LogP contribution in [0.1, 0.15) is 11.8 Å². The zero-order valence-electron chi connectivity index (χ0n) is 10.2. The monoisotopic (exact) mass is 237 g/mol. The van der Waals surface area contributed by atoms with E-state index in [2.05, 4.69) is 25.3 Å². The van der Waals surface area contributed by atoms with Crippen LogP contribution in [0.5, 0.6) is 0 Å². The van der Waals surface area contributed by atoms with Gasteiger partial charge in [0.25, 0.3) is 0 Å². The standard InChI is InChI=1S/C11H19N5O/c1-9-13-14-11(17-9)8-15-6-10(7-15)16-4-2-12-3-5-16/h10,12H,2-8H2,1H3. The molecule has 6 nitrogen and oxygen atoms in total. The van der Waals surface area contributed by atoms with Crippen LogP contribution in [0.4, 0.5) is 0 Å². The minimum Gasteiger partial charge on any atom is -0.424 e. The van der Waals surface area contributed by atoms with Gasteiger partial charge in [-0.15, -0.1) is 10.2 Å². The SMILES string of the molecule is Cc1nnc(CN2CC(N3CCNCC3)C2)o1. The van der Waals surface area contributed by atoms with Gasteiger partial charge in [-0.1, -0.05) is 0 Å². The predicted molar refractivity (Wildman–Crippen MR) is 62.5 cm³/mol. The summed E-state index contributed by atoms with van der Waals surface area (Å²) in [4.78, 5) is 4.94. The van der Waals surface area contributed by atoms with E-state index in [0.29, 0.717) is 5.89 Å². The number of hydrogen-bond acceptors (Lipinski definition) is 6. The van der Waals surface area contributed by atoms with Crippen LogP contribution in [-0.4, -0.2) is 65.3 Å². The van der Waals surface area contributed by atoms with E-state index >= 15 is 0 Å². The Kier molecular flexibility index (Phi) is 3.09. The van der Waals surface area contributed by atoms with Crippen LogP contribution in [-0.2, 0) is 6.54 Å². The fourth-order valence-electron chi connectivity index (χ4n) is 2.54. The molecule has 0 saturated carbocycles. The van der Waals surface area contributed by atoms with Crippen LogP contribution in [0, 0.1) is 6.92 Å². The topological polar surface area (TPSA) is 57.4 Å². The summed E-state index contributed by atoms with van der Waals surface area (Å²) in [7, 11) is 0. The van der Waals surface area contributed by atoms with Crippen LogP contribution in [0.25, 0.3) is 0 Å². The number of aryl methyl sites for hydroxylation is 1. The molecule has 0 unspecified atom stereocenters. The van der Waals surface area contributed by atoms with Gasteiger partial charge in [0.15, 0.2) is 0 Å². The molecule has 2 fully saturated rings. The van der Waals surface area contributed by atoms with Crippen molar-refractivity contribution in [3.63, 3.8) is 0 Å². The van der Waals surface area contributed by atoms with Crippen LogP contribution in [0.15, 0.2) is 4.42 Å². The van der Waals surface area contributed by atoms with Crippen molar-refractivity contribution in [2.45, 2.75) is 19.5 Å². The van der Waals surface area contributed by atoms with Gasteiger partial charge in [-0.3, -0.25) is 9.80 Å². The molecule has 0 radical (unpaired) electrons. The number of hydrogen-bond donors (Lipinski definition) is 1. The molecule has 1 N–H and O–H groups in total. The van der Waals surface area contributed by atoms with Gasteiger partial charge in [0.05, 0.1) is 6.54 Å². The van der Waals surface area contributed by atoms with Crippen LogP contribution in [0.3, 0.4) is 0 Å². The molecule has 2 aliphatic heterocycles. The molecule has 1 aromatic rings. The van der Waals surface area contributed by atoms with E-state index in [1.807, 2.05) is 6.92 Å². The Morgan fingerprint density at radius 1 is 1.29 bits per heavy atom. The molecule has 0 amide bonds. The van der Waals surface area contributed by atoms with E-state index in [0.717, 1.165) is 44.7 Å². The number of aromatic nitrogens is 2. The lowest BCUT2D eigenvalue weighted by Gasteiger charge is -2.46. The number of piperazine rings is 1. The zero-order valence-corrected chi connectivity index (χ0v) is 10.2. The van der Waals surface area contributed by atoms with Crippen molar-refractivity contribution in [1.82, 2.24) is 25.3 Å². The van der Waals surface area contributed by atoms with Crippen molar-refractivity contribution in [3.05, 3.63) is 11.8 Å². The Bertz CT molecular complexity index is 368. The fraction of sp³-hybridized carbons (Fsp3) is 0.818. The van der Waals surface area contributed by atoms with Gasteiger partial charge in [0.2, 0.25) is 11.8 Å². The Morgan fingerprint density at radius 3 is 2.71 bits per heavy atom. The molecule has 0 spiro atoms. The van der Waals surface area contributed by atoms with Crippen molar-refractivity contribution in [1.29, 1.82) is 0 Å². The highest BCUT2D eigenvalue weighted by Gasteiger charge is 2.32. The molecule has 3 heterocycles. The number of nitrogens with one attached hydrogen (secondary N) is 1. The summed E-state index contributed by atoms with van der Waals surface area (Å²) in [5, 5.41) is 11.3. The molecule has 1 aromatic heterocycles. The second kappa shape index (κ2) is 4.72. The van der Waals surface area contributed by atoms with Crippen LogP contribution < -0.4 is 5.32 Å². The molecule has 2 aliphatic rings. The number of likely N-dealkylation sites (tertiary alicyclic amines) is 1. The lowest BCUT2D eigenvalue weighted by molar-refractivity contribution is 0.0174. The summed E-state index contributed by atoms with van der Waals surface area (Å²) in [5.74, 6) is 1.39. The van der Waals surface area contributed by atoms with E-state index in [-0.39, 0.29) is 0 Å². The van der Waals surface area contributed by atoms with Gasteiger partial charge < -0.3 is 9.73 Å². The second-order valence-corrected chi connectivity index (χ2v) is 4.85. The molecule has 0 bridgehead atoms. The van der Waals surface area contributed by atoms with Crippen LogP contribution >= 0.6 is 0 Å². The van der Waals surface area contributed by atoms with E-state index in [9.17, 15) is 0 Å². The fourth-order valence-corrected chi connectivity index (χ4v) is 2.54. The smallest absolute Gasteiger partial charge is 0.230 e. The Balaban J connectivity index is 1.45. The molecule has 0 aromatic carbocycles. The summed E-state index contributed by atoms with van der Waals surface area (Å²) >= 11 is 0. The third-order valence-corrected chi connectivity index (χ3v) is 3.53. The van der Waals surface area contributed by atoms with Gasteiger partial charge in [-0.05, 0) is 0 Å². The molecule has 94 valence electrons. The zero-order chi connectivity index (χ0) is 11.7. The first-order valence-electron chi connectivity index (χ1n) is 6.27. The Hall–Kier alpha value is -0.980. The average Bonchev–Trinajstić information content (AvgIpc) is 2.70. The van der Waals surface area contributed by atoms with Crippen molar-refractivity contribution >= 4 is 0 Å². The van der Waals surface area contributed by atoms with Gasteiger partial charge in [0, 0.05) is 52.2 Å². The molecule has 0 aliphatic carbocycles. The van der Waals surface area contributed by atoms with Crippen molar-refractivity contribution in [2.75, 3.05) is 39.3 Å². The normalized spacial score (nSPS) is 23.8. The predicted octanol–water partition coefficient (Wildman–Crippen LogP) is -0.533. The van der Waals surface area contributed by atoms with E-state index < -0.39 is 0 Å². The minimum absolute atomic E-state index is 0.652. The van der Waals surface area contributed by atoms with E-state index in [1.165, 1.54) is 13.1 Å². The first kappa shape index (κ1) is 11.1. The lowest BCUT2D eigenvalue weighted by atomic mass is 10.1. The molecular weight excluding hydrogens is 218 g/mol. The first-order chi connectivity index (χ1) is 8.31. The molecular formula is C11H19N5O. The molecule has 3 rings (SSSR count). The molecule has 2 saturated heterocycles. The van der Waals surface area contributed by atoms with Gasteiger partial charge in [-0.2, -0.15) is 0 Å². The maximum absolute atomic E-state index is 5.38. The van der Waals surface area contributed by atoms with Crippen molar-refractivity contribution in [3.8, 4) is 0 Å². The van der Waals surface area contributed by atoms with E-state index in [4.69, 9.17) is 4.42 Å². The second-order valence-electron chi connectivity index (χ2n) is 4.85. The summed E-state index contributed by atoms with van der Waals surface area (Å²) in [5.41, 5.74) is 0. The molecule has 0 atom stereocenters.